The van der Waals surface area contributed by atoms with Crippen molar-refractivity contribution in [2.75, 3.05) is 0 Å². The Balaban J connectivity index is 0. The van der Waals surface area contributed by atoms with Crippen molar-refractivity contribution in [2.45, 2.75) is 39.6 Å². The molecule has 5 nitrogen and oxygen atoms in total. The molecule has 0 heterocycles. The van der Waals surface area contributed by atoms with Crippen LogP contribution in [-0.4, -0.2) is 33.7 Å². The summed E-state index contributed by atoms with van der Waals surface area (Å²) in [4.78, 5) is 9.37. The topological polar surface area (TPSA) is 89.8 Å². The third-order valence-corrected chi connectivity index (χ3v) is 0.785. The maximum atomic E-state index is 9.37. The Morgan fingerprint density at radius 3 is 1.58 bits per heavy atom. The van der Waals surface area contributed by atoms with Crippen LogP contribution in [-0.2, 0) is 4.79 Å². The van der Waals surface area contributed by atoms with Gasteiger partial charge in [-0.2, -0.15) is 0 Å². The average Bonchev–Trinajstić information content (AvgIpc) is 1.85. The van der Waals surface area contributed by atoms with Crippen LogP contribution in [0.3, 0.4) is 0 Å². The molecule has 0 radical (unpaired) electrons. The lowest BCUT2D eigenvalue weighted by Crippen LogP contribution is -2.33. The largest absolute Gasteiger partial charge is 0.481 e. The van der Waals surface area contributed by atoms with E-state index in [0.29, 0.717) is 0 Å². The summed E-state index contributed by atoms with van der Waals surface area (Å²) in [6.45, 7) is 4.70. The van der Waals surface area contributed by atoms with Crippen molar-refractivity contribution in [1.82, 2.24) is 5.32 Å². The van der Waals surface area contributed by atoms with Crippen LogP contribution in [0, 0.1) is 0 Å². The fourth-order valence-corrected chi connectivity index (χ4v) is 0.349. The molecule has 74 valence electrons. The Hall–Kier alpha value is -0.650. The minimum atomic E-state index is -0.745. The van der Waals surface area contributed by atoms with Crippen molar-refractivity contribution in [3.8, 4) is 0 Å². The maximum Gasteiger partial charge on any atom is 0.303 e. The van der Waals surface area contributed by atoms with E-state index in [2.05, 4.69) is 5.32 Å². The molecule has 0 aromatic carbocycles. The molecule has 0 amide bonds. The molecule has 0 spiro atoms. The van der Waals surface area contributed by atoms with Gasteiger partial charge in [-0.3, -0.25) is 10.1 Å². The molecule has 0 bridgehead atoms. The van der Waals surface area contributed by atoms with E-state index in [0.717, 1.165) is 0 Å². The van der Waals surface area contributed by atoms with Crippen molar-refractivity contribution in [2.24, 2.45) is 0 Å². The van der Waals surface area contributed by atoms with Crippen molar-refractivity contribution < 1.29 is 20.1 Å². The first kappa shape index (κ1) is 13.9. The van der Waals surface area contributed by atoms with Gasteiger partial charge in [-0.25, -0.2) is 0 Å². The van der Waals surface area contributed by atoms with E-state index < -0.39 is 18.4 Å². The predicted octanol–water partition coefficient (Wildman–Crippen LogP) is -0.266. The van der Waals surface area contributed by atoms with Crippen LogP contribution >= 0.6 is 0 Å². The van der Waals surface area contributed by atoms with Gasteiger partial charge in [0.25, 0.3) is 0 Å². The van der Waals surface area contributed by atoms with E-state index in [-0.39, 0.29) is 6.42 Å². The summed E-state index contributed by atoms with van der Waals surface area (Å²) in [7, 11) is 0. The summed E-state index contributed by atoms with van der Waals surface area (Å²) < 4.78 is 0. The third-order valence-electron chi connectivity index (χ3n) is 0.785. The molecule has 0 aliphatic rings. The van der Waals surface area contributed by atoms with E-state index in [1.54, 1.807) is 20.8 Å². The van der Waals surface area contributed by atoms with Crippen molar-refractivity contribution in [1.29, 1.82) is 0 Å². The lowest BCUT2D eigenvalue weighted by atomic mass is 10.5. The summed E-state index contributed by atoms with van der Waals surface area (Å²) in [5.74, 6) is -0.745. The molecule has 12 heavy (non-hydrogen) atoms. The van der Waals surface area contributed by atoms with Crippen molar-refractivity contribution in [3.05, 3.63) is 0 Å². The second kappa shape index (κ2) is 8.45. The summed E-state index contributed by atoms with van der Waals surface area (Å²) in [6.07, 6.45) is -1.03. The van der Waals surface area contributed by atoms with Gasteiger partial charge in [0, 0.05) is 6.42 Å². The Morgan fingerprint density at radius 1 is 1.33 bits per heavy atom. The van der Waals surface area contributed by atoms with Crippen LogP contribution < -0.4 is 5.32 Å². The molecule has 2 atom stereocenters. The molecule has 0 aliphatic carbocycles. The fourth-order valence-electron chi connectivity index (χ4n) is 0.349. The molecule has 0 aromatic rings. The fraction of sp³-hybridized carbons (Fsp3) is 0.857. The highest BCUT2D eigenvalue weighted by Gasteiger charge is 1.95. The van der Waals surface area contributed by atoms with Crippen LogP contribution in [0.1, 0.15) is 27.2 Å². The first-order valence-corrected chi connectivity index (χ1v) is 3.74. The molecule has 0 saturated heterocycles. The molecule has 0 fully saturated rings. The highest BCUT2D eigenvalue weighted by molar-refractivity contribution is 5.66. The maximum absolute atomic E-state index is 9.37. The summed E-state index contributed by atoms with van der Waals surface area (Å²) >= 11 is 0. The Bertz CT molecular complexity index is 108. The van der Waals surface area contributed by atoms with Crippen LogP contribution in [0.2, 0.25) is 0 Å². The van der Waals surface area contributed by atoms with Gasteiger partial charge in [0.1, 0.15) is 12.5 Å². The van der Waals surface area contributed by atoms with E-state index >= 15 is 0 Å². The smallest absolute Gasteiger partial charge is 0.303 e. The zero-order chi connectivity index (χ0) is 10.1. The molecule has 0 aromatic heterocycles. The van der Waals surface area contributed by atoms with E-state index in [1.807, 2.05) is 0 Å². The van der Waals surface area contributed by atoms with Gasteiger partial charge < -0.3 is 15.3 Å². The Labute approximate surface area is 72.0 Å². The number of aliphatic hydroxyl groups is 2. The quantitative estimate of drug-likeness (QED) is 0.448. The molecular formula is C7H17NO4. The highest BCUT2D eigenvalue weighted by atomic mass is 16.4. The van der Waals surface area contributed by atoms with E-state index in [9.17, 15) is 4.79 Å². The number of carbonyl (C=O) groups is 1. The number of carboxylic acid groups (broad SMARTS) is 1. The molecule has 0 aliphatic heterocycles. The standard InChI is InChI=1S/C4H11NO2.C3H6O2/c1-3(6)5-4(2)7;1-2-3(4)5/h3-7H,1-2H3;2H2,1H3,(H,4,5). The number of aliphatic carboxylic acids is 1. The SMILES string of the molecule is CC(O)NC(C)O.CCC(=O)O. The molecule has 4 N–H and O–H groups in total. The monoisotopic (exact) mass is 179 g/mol. The molecule has 5 heteroatoms. The zero-order valence-electron chi connectivity index (χ0n) is 7.61. The van der Waals surface area contributed by atoms with Crippen LogP contribution in [0.25, 0.3) is 0 Å². The number of rotatable bonds is 3. The van der Waals surface area contributed by atoms with Gasteiger partial charge in [0.15, 0.2) is 0 Å². The third kappa shape index (κ3) is 22.8. The van der Waals surface area contributed by atoms with Gasteiger partial charge in [0.2, 0.25) is 0 Å². The normalized spacial score (nSPS) is 14.1. The second-order valence-corrected chi connectivity index (χ2v) is 2.27. The zero-order valence-corrected chi connectivity index (χ0v) is 7.61. The minimum Gasteiger partial charge on any atom is -0.481 e. The van der Waals surface area contributed by atoms with Crippen molar-refractivity contribution in [3.63, 3.8) is 0 Å². The first-order valence-electron chi connectivity index (χ1n) is 3.74. The minimum absolute atomic E-state index is 0.222. The molecule has 0 rings (SSSR count). The lowest BCUT2D eigenvalue weighted by molar-refractivity contribution is -0.136. The van der Waals surface area contributed by atoms with Gasteiger partial charge in [-0.05, 0) is 13.8 Å². The number of aliphatic hydroxyl groups excluding tert-OH is 2. The highest BCUT2D eigenvalue weighted by Crippen LogP contribution is 1.74. The van der Waals surface area contributed by atoms with Gasteiger partial charge in [-0.15, -0.1) is 0 Å². The molecule has 0 saturated carbocycles. The predicted molar refractivity (Wildman–Crippen MR) is 44.4 cm³/mol. The Kier molecular flexibility index (Phi) is 9.79. The van der Waals surface area contributed by atoms with Gasteiger partial charge in [-0.1, -0.05) is 6.92 Å². The number of nitrogens with one attached hydrogen (secondary N) is 1. The average molecular weight is 179 g/mol. The lowest BCUT2D eigenvalue weighted by Gasteiger charge is -2.08. The van der Waals surface area contributed by atoms with Gasteiger partial charge >= 0.3 is 5.97 Å². The number of carboxylic acids is 1. The number of hydrogen-bond acceptors (Lipinski definition) is 4. The first-order chi connectivity index (χ1) is 5.40. The van der Waals surface area contributed by atoms with Crippen LogP contribution in [0.5, 0.6) is 0 Å². The van der Waals surface area contributed by atoms with Crippen LogP contribution in [0.4, 0.5) is 0 Å². The summed E-state index contributed by atoms with van der Waals surface area (Å²) in [5, 5.41) is 27.0. The second-order valence-electron chi connectivity index (χ2n) is 2.27. The number of hydrogen-bond donors (Lipinski definition) is 4. The summed E-state index contributed by atoms with van der Waals surface area (Å²) in [5.41, 5.74) is 0. The Morgan fingerprint density at radius 2 is 1.58 bits per heavy atom. The van der Waals surface area contributed by atoms with E-state index in [4.69, 9.17) is 15.3 Å². The summed E-state index contributed by atoms with van der Waals surface area (Å²) in [6, 6.07) is 0. The molecule has 2 unspecified atom stereocenters. The molecular weight excluding hydrogens is 162 g/mol. The van der Waals surface area contributed by atoms with Crippen molar-refractivity contribution >= 4 is 5.97 Å². The van der Waals surface area contributed by atoms with Gasteiger partial charge in [0.05, 0.1) is 0 Å². The van der Waals surface area contributed by atoms with E-state index in [1.165, 1.54) is 0 Å². The van der Waals surface area contributed by atoms with Crippen LogP contribution in [0.15, 0.2) is 0 Å².